The van der Waals surface area contributed by atoms with E-state index < -0.39 is 34.8 Å². The van der Waals surface area contributed by atoms with Crippen molar-refractivity contribution in [1.82, 2.24) is 14.8 Å². The first-order chi connectivity index (χ1) is 14.6. The predicted molar refractivity (Wildman–Crippen MR) is 113 cm³/mol. The smallest absolute Gasteiger partial charge is 0.412 e. The Kier molecular flexibility index (Phi) is 6.34. The summed E-state index contributed by atoms with van der Waals surface area (Å²) in [5.74, 6) is -2.36. The third-order valence-electron chi connectivity index (χ3n) is 3.85. The van der Waals surface area contributed by atoms with Gasteiger partial charge in [-0.25, -0.2) is 18.6 Å². The quantitative estimate of drug-likeness (QED) is 0.577. The Morgan fingerprint density at radius 2 is 1.87 bits per heavy atom. The number of aryl methyl sites for hydroxylation is 1. The van der Waals surface area contributed by atoms with Crippen LogP contribution in [0, 0.1) is 11.6 Å². The molecule has 0 bridgehead atoms. The van der Waals surface area contributed by atoms with Gasteiger partial charge in [0.15, 0.2) is 5.69 Å². The van der Waals surface area contributed by atoms with Crippen LogP contribution < -0.4 is 10.6 Å². The number of carbonyl (C=O) groups is 2. The van der Waals surface area contributed by atoms with Crippen LogP contribution in [0.3, 0.4) is 0 Å². The summed E-state index contributed by atoms with van der Waals surface area (Å²) in [7, 11) is 0. The minimum Gasteiger partial charge on any atom is -0.444 e. The van der Waals surface area contributed by atoms with Crippen LogP contribution in [-0.4, -0.2) is 32.4 Å². The lowest BCUT2D eigenvalue weighted by atomic mass is 10.2. The van der Waals surface area contributed by atoms with E-state index in [1.165, 1.54) is 12.3 Å². The van der Waals surface area contributed by atoms with Crippen molar-refractivity contribution in [2.75, 3.05) is 10.6 Å². The molecule has 1 aromatic carbocycles. The molecule has 2 aromatic heterocycles. The Bertz CT molecular complexity index is 1100. The van der Waals surface area contributed by atoms with Gasteiger partial charge < -0.3 is 10.1 Å². The molecule has 0 aliphatic rings. The van der Waals surface area contributed by atoms with Crippen LogP contribution in [0.1, 0.15) is 38.2 Å². The molecule has 2 N–H and O–H groups in total. The fourth-order valence-electron chi connectivity index (χ4n) is 2.56. The highest BCUT2D eigenvalue weighted by Gasteiger charge is 2.26. The Balaban J connectivity index is 1.97. The molecule has 8 nitrogen and oxygen atoms in total. The summed E-state index contributed by atoms with van der Waals surface area (Å²) in [5.41, 5.74) is -0.982. The summed E-state index contributed by atoms with van der Waals surface area (Å²) in [6.07, 6.45) is 2.24. The number of anilines is 2. The number of carbonyl (C=O) groups excluding carboxylic acids is 2. The molecule has 3 aromatic rings. The highest BCUT2D eigenvalue weighted by Crippen LogP contribution is 2.35. The average molecular weight is 449 g/mol. The normalized spacial score (nSPS) is 11.3. The zero-order chi connectivity index (χ0) is 22.8. The molecule has 2 heterocycles. The Morgan fingerprint density at radius 3 is 2.45 bits per heavy atom. The van der Waals surface area contributed by atoms with Gasteiger partial charge in [-0.05, 0) is 39.8 Å². The van der Waals surface area contributed by atoms with Crippen molar-refractivity contribution in [1.29, 1.82) is 0 Å². The van der Waals surface area contributed by atoms with Crippen LogP contribution in [0.4, 0.5) is 24.3 Å². The van der Waals surface area contributed by atoms with Crippen LogP contribution in [-0.2, 0) is 11.3 Å². The molecule has 31 heavy (non-hydrogen) atoms. The maximum atomic E-state index is 14.3. The SMILES string of the molecule is CCn1cc(NC(=O)c2nc(-c3c(F)cccc3F)sc2NC(=O)OC(C)(C)C)cn1. The van der Waals surface area contributed by atoms with Gasteiger partial charge >= 0.3 is 6.09 Å². The summed E-state index contributed by atoms with van der Waals surface area (Å²) in [4.78, 5) is 29.2. The molecule has 0 radical (unpaired) electrons. The lowest BCUT2D eigenvalue weighted by molar-refractivity contribution is 0.0636. The van der Waals surface area contributed by atoms with E-state index in [-0.39, 0.29) is 15.7 Å². The molecule has 0 saturated carbocycles. The van der Waals surface area contributed by atoms with Crippen LogP contribution in [0.5, 0.6) is 0 Å². The number of rotatable bonds is 5. The fraction of sp³-hybridized carbons (Fsp3) is 0.300. The van der Waals surface area contributed by atoms with Gasteiger partial charge in [0.05, 0.1) is 17.4 Å². The number of hydrogen-bond donors (Lipinski definition) is 2. The molecule has 164 valence electrons. The maximum Gasteiger partial charge on any atom is 0.412 e. The molecule has 0 aliphatic carbocycles. The highest BCUT2D eigenvalue weighted by molar-refractivity contribution is 7.19. The van der Waals surface area contributed by atoms with Crippen molar-refractivity contribution < 1.29 is 23.1 Å². The first-order valence-electron chi connectivity index (χ1n) is 9.36. The van der Waals surface area contributed by atoms with Crippen LogP contribution in [0.25, 0.3) is 10.6 Å². The first kappa shape index (κ1) is 22.3. The predicted octanol–water partition coefficient (Wildman–Crippen LogP) is 4.90. The Hall–Kier alpha value is -3.34. The molecule has 0 saturated heterocycles. The summed E-state index contributed by atoms with van der Waals surface area (Å²) in [6.45, 7) is 7.53. The third-order valence-corrected chi connectivity index (χ3v) is 4.84. The number of aromatic nitrogens is 3. The Labute approximate surface area is 181 Å². The van der Waals surface area contributed by atoms with Gasteiger partial charge in [0.1, 0.15) is 27.2 Å². The molecule has 0 fully saturated rings. The van der Waals surface area contributed by atoms with E-state index in [1.54, 1.807) is 31.6 Å². The van der Waals surface area contributed by atoms with Gasteiger partial charge in [-0.2, -0.15) is 5.10 Å². The van der Waals surface area contributed by atoms with Crippen molar-refractivity contribution >= 4 is 34.0 Å². The maximum absolute atomic E-state index is 14.3. The van der Waals surface area contributed by atoms with Gasteiger partial charge in [-0.15, -0.1) is 0 Å². The zero-order valence-corrected chi connectivity index (χ0v) is 18.1. The van der Waals surface area contributed by atoms with Gasteiger partial charge in [-0.3, -0.25) is 14.8 Å². The number of thiazole rings is 1. The summed E-state index contributed by atoms with van der Waals surface area (Å²) in [6, 6.07) is 3.39. The van der Waals surface area contributed by atoms with Crippen molar-refractivity contribution in [3.05, 3.63) is 47.9 Å². The van der Waals surface area contributed by atoms with Gasteiger partial charge in [0.25, 0.3) is 5.91 Å². The molecule has 0 atom stereocenters. The van der Waals surface area contributed by atoms with Gasteiger partial charge in [0, 0.05) is 12.7 Å². The number of amides is 2. The second kappa shape index (κ2) is 8.80. The second-order valence-corrected chi connectivity index (χ2v) is 8.46. The van der Waals surface area contributed by atoms with E-state index in [0.29, 0.717) is 12.2 Å². The molecule has 3 rings (SSSR count). The van der Waals surface area contributed by atoms with E-state index in [9.17, 15) is 18.4 Å². The van der Waals surface area contributed by atoms with Crippen molar-refractivity contribution in [2.45, 2.75) is 39.8 Å². The van der Waals surface area contributed by atoms with E-state index in [2.05, 4.69) is 20.7 Å². The molecule has 2 amide bonds. The standard InChI is InChI=1S/C20H21F2N5O3S/c1-5-27-10-11(9-23-27)24-16(28)15-18(26-19(29)30-20(2,3)4)31-17(25-15)14-12(21)7-6-8-13(14)22/h6-10H,5H2,1-4H3,(H,24,28)(H,26,29). The number of hydrogen-bond acceptors (Lipinski definition) is 6. The number of nitrogens with one attached hydrogen (secondary N) is 2. The van der Waals surface area contributed by atoms with Crippen LogP contribution in [0.2, 0.25) is 0 Å². The summed E-state index contributed by atoms with van der Waals surface area (Å²) < 4.78 is 35.3. The number of ether oxygens (including phenoxy) is 1. The Morgan fingerprint density at radius 1 is 1.19 bits per heavy atom. The zero-order valence-electron chi connectivity index (χ0n) is 17.3. The van der Waals surface area contributed by atoms with Crippen molar-refractivity contribution in [2.24, 2.45) is 0 Å². The van der Waals surface area contributed by atoms with E-state index in [0.717, 1.165) is 23.5 Å². The summed E-state index contributed by atoms with van der Waals surface area (Å²) >= 11 is 0.759. The van der Waals surface area contributed by atoms with Crippen molar-refractivity contribution in [3.63, 3.8) is 0 Å². The van der Waals surface area contributed by atoms with Crippen LogP contribution >= 0.6 is 11.3 Å². The molecule has 11 heteroatoms. The molecular weight excluding hydrogens is 428 g/mol. The van der Waals surface area contributed by atoms with E-state index >= 15 is 0 Å². The number of benzene rings is 1. The topological polar surface area (TPSA) is 98.1 Å². The van der Waals surface area contributed by atoms with Crippen molar-refractivity contribution in [3.8, 4) is 10.6 Å². The van der Waals surface area contributed by atoms with Crippen LogP contribution in [0.15, 0.2) is 30.6 Å². The molecule has 0 unspecified atom stereocenters. The minimum atomic E-state index is -0.839. The number of halogens is 2. The highest BCUT2D eigenvalue weighted by atomic mass is 32.1. The molecule has 0 spiro atoms. The average Bonchev–Trinajstić information content (AvgIpc) is 3.27. The molecule has 0 aliphatic heterocycles. The minimum absolute atomic E-state index is 0.00714. The fourth-order valence-corrected chi connectivity index (χ4v) is 3.55. The van der Waals surface area contributed by atoms with Gasteiger partial charge in [0.2, 0.25) is 0 Å². The summed E-state index contributed by atoms with van der Waals surface area (Å²) in [5, 5.41) is 9.01. The largest absolute Gasteiger partial charge is 0.444 e. The molecular formula is C20H21F2N5O3S. The van der Waals surface area contributed by atoms with Gasteiger partial charge in [-0.1, -0.05) is 17.4 Å². The first-order valence-corrected chi connectivity index (χ1v) is 10.2. The monoisotopic (exact) mass is 449 g/mol. The van der Waals surface area contributed by atoms with E-state index in [4.69, 9.17) is 4.74 Å². The lowest BCUT2D eigenvalue weighted by Crippen LogP contribution is -2.27. The number of nitrogens with zero attached hydrogens (tertiary/aromatic N) is 3. The second-order valence-electron chi connectivity index (χ2n) is 7.46. The lowest BCUT2D eigenvalue weighted by Gasteiger charge is -2.19. The third kappa shape index (κ3) is 5.43. The van der Waals surface area contributed by atoms with E-state index in [1.807, 2.05) is 6.92 Å².